The van der Waals surface area contributed by atoms with Gasteiger partial charge in [0.05, 0.1) is 10.6 Å². The third kappa shape index (κ3) is 5.58. The molecule has 0 radical (unpaired) electrons. The highest BCUT2D eigenvalue weighted by Crippen LogP contribution is 2.38. The molecule has 0 aliphatic carbocycles. The zero-order valence-corrected chi connectivity index (χ0v) is 19.5. The molecular formula is C25H22F5NO3S. The lowest BCUT2D eigenvalue weighted by molar-refractivity contribution is -0.274. The van der Waals surface area contributed by atoms with Crippen LogP contribution in [0.3, 0.4) is 0 Å². The number of hydrogen-bond donors (Lipinski definition) is 0. The molecule has 3 aromatic carbocycles. The standard InChI is InChI=1S/C25H22F5NO3S/c1-16-2-3-17(23(27)14-16)5-8-20-9-6-18-4-7-19(26)15-24(18)31(20)35(32,33)22-12-10-21(11-13-22)34-25(28,29)30/h2-4,7,10-15,20H,5-6,8-9H2,1H3. The van der Waals surface area contributed by atoms with Gasteiger partial charge in [-0.25, -0.2) is 17.2 Å². The molecule has 1 heterocycles. The molecule has 35 heavy (non-hydrogen) atoms. The molecule has 0 saturated heterocycles. The zero-order chi connectivity index (χ0) is 25.4. The van der Waals surface area contributed by atoms with Crippen molar-refractivity contribution in [1.82, 2.24) is 0 Å². The predicted octanol–water partition coefficient (Wildman–Crippen LogP) is 6.31. The van der Waals surface area contributed by atoms with Crippen LogP contribution in [0.25, 0.3) is 0 Å². The monoisotopic (exact) mass is 511 g/mol. The first-order valence-electron chi connectivity index (χ1n) is 10.9. The molecule has 0 bridgehead atoms. The van der Waals surface area contributed by atoms with Crippen LogP contribution in [0.2, 0.25) is 0 Å². The largest absolute Gasteiger partial charge is 0.573 e. The fourth-order valence-corrected chi connectivity index (χ4v) is 6.02. The van der Waals surface area contributed by atoms with Crippen molar-refractivity contribution in [1.29, 1.82) is 0 Å². The molecule has 3 aromatic rings. The number of alkyl halides is 3. The van der Waals surface area contributed by atoms with Crippen LogP contribution >= 0.6 is 0 Å². The van der Waals surface area contributed by atoms with Crippen molar-refractivity contribution in [3.05, 3.63) is 89.0 Å². The molecule has 0 N–H and O–H groups in total. The van der Waals surface area contributed by atoms with Crippen LogP contribution in [0, 0.1) is 18.6 Å². The fraction of sp³-hybridized carbons (Fsp3) is 0.280. The molecule has 0 saturated carbocycles. The first-order valence-corrected chi connectivity index (χ1v) is 12.3. The molecule has 1 atom stereocenters. The number of ether oxygens (including phenoxy) is 1. The molecule has 1 aliphatic rings. The minimum atomic E-state index is -4.92. The summed E-state index contributed by atoms with van der Waals surface area (Å²) in [5, 5.41) is 0. The highest BCUT2D eigenvalue weighted by Gasteiger charge is 2.37. The summed E-state index contributed by atoms with van der Waals surface area (Å²) in [7, 11) is -4.29. The first kappa shape index (κ1) is 25.0. The van der Waals surface area contributed by atoms with Crippen molar-refractivity contribution >= 4 is 15.7 Å². The second-order valence-corrected chi connectivity index (χ2v) is 10.2. The number of nitrogens with zero attached hydrogens (tertiary/aromatic N) is 1. The molecule has 186 valence electrons. The summed E-state index contributed by atoms with van der Waals surface area (Å²) in [5.41, 5.74) is 1.99. The number of sulfonamides is 1. The maximum absolute atomic E-state index is 14.4. The van der Waals surface area contributed by atoms with E-state index in [1.807, 2.05) is 0 Å². The van der Waals surface area contributed by atoms with Gasteiger partial charge in [0.2, 0.25) is 0 Å². The number of benzene rings is 3. The Bertz CT molecular complexity index is 1320. The summed E-state index contributed by atoms with van der Waals surface area (Å²) in [5.74, 6) is -1.57. The minimum Gasteiger partial charge on any atom is -0.406 e. The van der Waals surface area contributed by atoms with Gasteiger partial charge in [0.15, 0.2) is 0 Å². The molecular weight excluding hydrogens is 489 g/mol. The number of fused-ring (bicyclic) bond motifs is 1. The van der Waals surface area contributed by atoms with Crippen LogP contribution in [-0.4, -0.2) is 20.8 Å². The van der Waals surface area contributed by atoms with Crippen LogP contribution in [0.15, 0.2) is 65.6 Å². The molecule has 0 aromatic heterocycles. The van der Waals surface area contributed by atoms with Gasteiger partial charge < -0.3 is 4.74 Å². The fourth-order valence-electron chi connectivity index (χ4n) is 4.28. The zero-order valence-electron chi connectivity index (χ0n) is 18.6. The van der Waals surface area contributed by atoms with Crippen molar-refractivity contribution in [3.8, 4) is 5.75 Å². The molecule has 0 fully saturated rings. The van der Waals surface area contributed by atoms with Gasteiger partial charge in [-0.05, 0) is 91.8 Å². The third-order valence-electron chi connectivity index (χ3n) is 5.93. The van der Waals surface area contributed by atoms with Crippen LogP contribution in [0.1, 0.15) is 29.5 Å². The second-order valence-electron chi connectivity index (χ2n) is 8.42. The topological polar surface area (TPSA) is 46.6 Å². The highest BCUT2D eigenvalue weighted by molar-refractivity contribution is 7.92. The molecule has 4 nitrogen and oxygen atoms in total. The summed E-state index contributed by atoms with van der Waals surface area (Å²) in [4.78, 5) is -0.268. The summed E-state index contributed by atoms with van der Waals surface area (Å²) in [6, 6.07) is 12.0. The molecule has 0 amide bonds. The van der Waals surface area contributed by atoms with Gasteiger partial charge in [-0.15, -0.1) is 13.2 Å². The predicted molar refractivity (Wildman–Crippen MR) is 121 cm³/mol. The number of anilines is 1. The van der Waals surface area contributed by atoms with Gasteiger partial charge in [0.1, 0.15) is 17.4 Å². The molecule has 0 spiro atoms. The van der Waals surface area contributed by atoms with Gasteiger partial charge in [0, 0.05) is 6.04 Å². The van der Waals surface area contributed by atoms with Crippen molar-refractivity contribution in [2.24, 2.45) is 0 Å². The van der Waals surface area contributed by atoms with Crippen molar-refractivity contribution < 1.29 is 35.1 Å². The first-order chi connectivity index (χ1) is 16.4. The lowest BCUT2D eigenvalue weighted by Gasteiger charge is -2.38. The van der Waals surface area contributed by atoms with Crippen molar-refractivity contribution in [2.75, 3.05) is 4.31 Å². The van der Waals surface area contributed by atoms with Crippen LogP contribution in [-0.2, 0) is 22.9 Å². The minimum absolute atomic E-state index is 0.168. The smallest absolute Gasteiger partial charge is 0.406 e. The molecule has 10 heteroatoms. The summed E-state index contributed by atoms with van der Waals surface area (Å²) >= 11 is 0. The Hall–Kier alpha value is -3.14. The Balaban J connectivity index is 1.68. The van der Waals surface area contributed by atoms with E-state index in [2.05, 4.69) is 4.74 Å². The third-order valence-corrected chi connectivity index (χ3v) is 7.81. The lowest BCUT2D eigenvalue weighted by atomic mass is 9.93. The van der Waals surface area contributed by atoms with E-state index < -0.39 is 34.0 Å². The van der Waals surface area contributed by atoms with Crippen molar-refractivity contribution in [2.45, 2.75) is 49.9 Å². The summed E-state index contributed by atoms with van der Waals surface area (Å²) in [6.45, 7) is 1.76. The van der Waals surface area contributed by atoms with E-state index in [0.29, 0.717) is 24.0 Å². The molecule has 1 unspecified atom stereocenters. The SMILES string of the molecule is Cc1ccc(CCC2CCc3ccc(F)cc3N2S(=O)(=O)c2ccc(OC(F)(F)F)cc2)c(F)c1. The second kappa shape index (κ2) is 9.49. The lowest BCUT2D eigenvalue weighted by Crippen LogP contribution is -2.44. The highest BCUT2D eigenvalue weighted by atomic mass is 32.2. The van der Waals surface area contributed by atoms with Gasteiger partial charge in [-0.3, -0.25) is 4.31 Å². The number of hydrogen-bond acceptors (Lipinski definition) is 3. The number of halogens is 5. The van der Waals surface area contributed by atoms with Gasteiger partial charge >= 0.3 is 6.36 Å². The Morgan fingerprint density at radius 1 is 1.00 bits per heavy atom. The van der Waals surface area contributed by atoms with E-state index in [4.69, 9.17) is 0 Å². The van der Waals surface area contributed by atoms with E-state index in [1.54, 1.807) is 19.1 Å². The van der Waals surface area contributed by atoms with Crippen LogP contribution in [0.5, 0.6) is 5.75 Å². The van der Waals surface area contributed by atoms with Crippen LogP contribution in [0.4, 0.5) is 27.6 Å². The molecule has 4 rings (SSSR count). The maximum atomic E-state index is 14.4. The molecule has 1 aliphatic heterocycles. The summed E-state index contributed by atoms with van der Waals surface area (Å²) in [6.07, 6.45) is -3.47. The van der Waals surface area contributed by atoms with Crippen molar-refractivity contribution in [3.63, 3.8) is 0 Å². The normalized spacial score (nSPS) is 16.2. The van der Waals surface area contributed by atoms with E-state index in [9.17, 15) is 30.4 Å². The van der Waals surface area contributed by atoms with E-state index >= 15 is 0 Å². The number of aryl methyl sites for hydroxylation is 3. The van der Waals surface area contributed by atoms with Gasteiger partial charge in [0.25, 0.3) is 10.0 Å². The van der Waals surface area contributed by atoms with Crippen LogP contribution < -0.4 is 9.04 Å². The van der Waals surface area contributed by atoms with Gasteiger partial charge in [-0.1, -0.05) is 18.2 Å². The van der Waals surface area contributed by atoms with E-state index in [0.717, 1.165) is 40.2 Å². The quantitative estimate of drug-likeness (QED) is 0.364. The Morgan fingerprint density at radius 2 is 1.71 bits per heavy atom. The Labute approximate surface area is 200 Å². The average Bonchev–Trinajstić information content (AvgIpc) is 2.77. The number of rotatable bonds is 6. The maximum Gasteiger partial charge on any atom is 0.573 e. The van der Waals surface area contributed by atoms with E-state index in [-0.39, 0.29) is 29.2 Å². The summed E-state index contributed by atoms with van der Waals surface area (Å²) < 4.78 is 98.2. The Kier molecular flexibility index (Phi) is 6.77. The average molecular weight is 512 g/mol. The van der Waals surface area contributed by atoms with E-state index in [1.165, 1.54) is 18.2 Å². The van der Waals surface area contributed by atoms with Gasteiger partial charge in [-0.2, -0.15) is 0 Å². The Morgan fingerprint density at radius 3 is 2.37 bits per heavy atom.